The molecule has 0 aromatic heterocycles. The van der Waals surface area contributed by atoms with Crippen molar-refractivity contribution in [3.63, 3.8) is 0 Å². The summed E-state index contributed by atoms with van der Waals surface area (Å²) in [4.78, 5) is 23.4. The van der Waals surface area contributed by atoms with E-state index in [1.165, 1.54) is 0 Å². The van der Waals surface area contributed by atoms with Crippen molar-refractivity contribution < 1.29 is 24.2 Å². The molecule has 0 spiro atoms. The number of methoxy groups -OCH3 is 1. The molecule has 6 nitrogen and oxygen atoms in total. The van der Waals surface area contributed by atoms with E-state index in [2.05, 4.69) is 5.32 Å². The summed E-state index contributed by atoms with van der Waals surface area (Å²) in [5, 5.41) is 11.7. The van der Waals surface area contributed by atoms with Crippen molar-refractivity contribution in [3.8, 4) is 5.75 Å². The second-order valence-corrected chi connectivity index (χ2v) is 5.72. The monoisotopic (exact) mass is 323 g/mol. The van der Waals surface area contributed by atoms with Gasteiger partial charge in [-0.1, -0.05) is 19.9 Å². The lowest BCUT2D eigenvalue weighted by atomic mass is 10.0. The average Bonchev–Trinajstić information content (AvgIpc) is 2.50. The number of carbonyl (C=O) groups excluding carboxylic acids is 1. The molecule has 0 aliphatic carbocycles. The maximum Gasteiger partial charge on any atom is 0.326 e. The minimum Gasteiger partial charge on any atom is -0.493 e. The molecule has 1 aromatic rings. The van der Waals surface area contributed by atoms with Crippen LogP contribution in [-0.4, -0.2) is 43.3 Å². The third kappa shape index (κ3) is 7.15. The Hall–Kier alpha value is -2.08. The van der Waals surface area contributed by atoms with Crippen molar-refractivity contribution in [1.82, 2.24) is 5.32 Å². The molecule has 0 aliphatic heterocycles. The Balaban J connectivity index is 2.66. The zero-order chi connectivity index (χ0) is 17.2. The molecule has 0 saturated heterocycles. The number of hydrogen-bond acceptors (Lipinski definition) is 4. The number of amides is 1. The number of carboxylic acids is 1. The summed E-state index contributed by atoms with van der Waals surface area (Å²) in [7, 11) is 1.63. The summed E-state index contributed by atoms with van der Waals surface area (Å²) in [5.74, 6) is -0.698. The van der Waals surface area contributed by atoms with E-state index < -0.39 is 17.9 Å². The standard InChI is InChI=1S/C17H25NO5/c1-12(2)10-15(17(20)21)18-16(19)13-6-4-7-14(11-13)23-9-5-8-22-3/h4,6-7,11-12,15H,5,8-10H2,1-3H3,(H,18,19)(H,20,21)/t15-/m0/s1. The largest absolute Gasteiger partial charge is 0.493 e. The summed E-state index contributed by atoms with van der Waals surface area (Å²) >= 11 is 0. The van der Waals surface area contributed by atoms with Crippen LogP contribution in [0.1, 0.15) is 37.0 Å². The minimum atomic E-state index is -1.03. The van der Waals surface area contributed by atoms with E-state index in [9.17, 15) is 14.7 Å². The molecule has 0 heterocycles. The number of rotatable bonds is 10. The normalized spacial score (nSPS) is 12.0. The molecule has 0 unspecified atom stereocenters. The Morgan fingerprint density at radius 3 is 2.61 bits per heavy atom. The molecule has 0 bridgehead atoms. The second kappa shape index (κ2) is 9.84. The summed E-state index contributed by atoms with van der Waals surface area (Å²) in [6.07, 6.45) is 1.14. The van der Waals surface area contributed by atoms with E-state index in [0.29, 0.717) is 30.9 Å². The molecule has 1 amide bonds. The Morgan fingerprint density at radius 2 is 2.00 bits per heavy atom. The van der Waals surface area contributed by atoms with E-state index in [1.807, 2.05) is 13.8 Å². The van der Waals surface area contributed by atoms with E-state index >= 15 is 0 Å². The fourth-order valence-corrected chi connectivity index (χ4v) is 2.05. The number of hydrogen-bond donors (Lipinski definition) is 2. The zero-order valence-corrected chi connectivity index (χ0v) is 13.9. The fourth-order valence-electron chi connectivity index (χ4n) is 2.05. The first-order valence-corrected chi connectivity index (χ1v) is 7.69. The number of nitrogens with one attached hydrogen (secondary N) is 1. The predicted molar refractivity (Wildman–Crippen MR) is 86.8 cm³/mol. The molecule has 1 rings (SSSR count). The van der Waals surface area contributed by atoms with Gasteiger partial charge >= 0.3 is 5.97 Å². The number of carboxylic acid groups (broad SMARTS) is 1. The van der Waals surface area contributed by atoms with E-state index in [1.54, 1.807) is 31.4 Å². The molecule has 0 saturated carbocycles. The van der Waals surface area contributed by atoms with Crippen LogP contribution in [-0.2, 0) is 9.53 Å². The molecule has 0 radical (unpaired) electrons. The molecule has 1 atom stereocenters. The molecular formula is C17H25NO5. The predicted octanol–water partition coefficient (Wildman–Crippen LogP) is 2.33. The number of benzene rings is 1. The highest BCUT2D eigenvalue weighted by Gasteiger charge is 2.21. The Kier molecular flexibility index (Phi) is 8.11. The lowest BCUT2D eigenvalue weighted by Gasteiger charge is -2.16. The highest BCUT2D eigenvalue weighted by Crippen LogP contribution is 2.14. The van der Waals surface area contributed by atoms with Crippen molar-refractivity contribution in [2.24, 2.45) is 5.92 Å². The third-order valence-electron chi connectivity index (χ3n) is 3.17. The average molecular weight is 323 g/mol. The van der Waals surface area contributed by atoms with Gasteiger partial charge in [-0.3, -0.25) is 4.79 Å². The van der Waals surface area contributed by atoms with Gasteiger partial charge in [0, 0.05) is 25.7 Å². The van der Waals surface area contributed by atoms with Gasteiger partial charge in [0.1, 0.15) is 11.8 Å². The van der Waals surface area contributed by atoms with Crippen LogP contribution in [0.3, 0.4) is 0 Å². The first kappa shape index (κ1) is 19.0. The van der Waals surface area contributed by atoms with Crippen molar-refractivity contribution in [1.29, 1.82) is 0 Å². The maximum atomic E-state index is 12.2. The first-order chi connectivity index (χ1) is 10.9. The summed E-state index contributed by atoms with van der Waals surface area (Å²) in [6, 6.07) is 5.81. The van der Waals surface area contributed by atoms with Gasteiger partial charge in [-0.25, -0.2) is 4.79 Å². The number of aliphatic carboxylic acids is 1. The SMILES string of the molecule is COCCCOc1cccc(C(=O)N[C@@H](CC(C)C)C(=O)O)c1. The van der Waals surface area contributed by atoms with E-state index in [4.69, 9.17) is 9.47 Å². The minimum absolute atomic E-state index is 0.173. The maximum absolute atomic E-state index is 12.2. The van der Waals surface area contributed by atoms with Gasteiger partial charge in [-0.2, -0.15) is 0 Å². The molecule has 128 valence electrons. The fraction of sp³-hybridized carbons (Fsp3) is 0.529. The summed E-state index contributed by atoms with van der Waals surface area (Å²) in [5.41, 5.74) is 0.379. The van der Waals surface area contributed by atoms with Gasteiger partial charge in [0.05, 0.1) is 6.61 Å². The smallest absolute Gasteiger partial charge is 0.326 e. The quantitative estimate of drug-likeness (QED) is 0.646. The summed E-state index contributed by atoms with van der Waals surface area (Å²) < 4.78 is 10.5. The molecule has 23 heavy (non-hydrogen) atoms. The highest BCUT2D eigenvalue weighted by molar-refractivity contribution is 5.96. The van der Waals surface area contributed by atoms with Crippen LogP contribution in [0.4, 0.5) is 0 Å². The lowest BCUT2D eigenvalue weighted by molar-refractivity contribution is -0.139. The molecular weight excluding hydrogens is 298 g/mol. The van der Waals surface area contributed by atoms with E-state index in [0.717, 1.165) is 6.42 Å². The Labute approximate surface area is 136 Å². The van der Waals surface area contributed by atoms with Gasteiger partial charge in [-0.15, -0.1) is 0 Å². The van der Waals surface area contributed by atoms with Crippen molar-refractivity contribution in [2.75, 3.05) is 20.3 Å². The van der Waals surface area contributed by atoms with Gasteiger partial charge < -0.3 is 19.9 Å². The van der Waals surface area contributed by atoms with Crippen LogP contribution in [0.5, 0.6) is 5.75 Å². The lowest BCUT2D eigenvalue weighted by Crippen LogP contribution is -2.41. The number of ether oxygens (including phenoxy) is 2. The highest BCUT2D eigenvalue weighted by atomic mass is 16.5. The van der Waals surface area contributed by atoms with Crippen LogP contribution in [0.25, 0.3) is 0 Å². The van der Waals surface area contributed by atoms with Crippen LogP contribution in [0.2, 0.25) is 0 Å². The Morgan fingerprint density at radius 1 is 1.26 bits per heavy atom. The van der Waals surface area contributed by atoms with Crippen LogP contribution < -0.4 is 10.1 Å². The molecule has 0 fully saturated rings. The van der Waals surface area contributed by atoms with E-state index in [-0.39, 0.29) is 5.92 Å². The number of carbonyl (C=O) groups is 2. The summed E-state index contributed by atoms with van der Waals surface area (Å²) in [6.45, 7) is 4.92. The Bertz CT molecular complexity index is 515. The molecule has 0 aliphatic rings. The zero-order valence-electron chi connectivity index (χ0n) is 13.9. The van der Waals surface area contributed by atoms with Gasteiger partial charge in [0.25, 0.3) is 5.91 Å². The second-order valence-electron chi connectivity index (χ2n) is 5.72. The molecule has 1 aromatic carbocycles. The van der Waals surface area contributed by atoms with Crippen molar-refractivity contribution in [2.45, 2.75) is 32.7 Å². The van der Waals surface area contributed by atoms with Crippen LogP contribution in [0.15, 0.2) is 24.3 Å². The topological polar surface area (TPSA) is 84.9 Å². The first-order valence-electron chi connectivity index (χ1n) is 7.69. The molecule has 6 heteroatoms. The van der Waals surface area contributed by atoms with Crippen LogP contribution in [0, 0.1) is 5.92 Å². The van der Waals surface area contributed by atoms with Crippen molar-refractivity contribution >= 4 is 11.9 Å². The van der Waals surface area contributed by atoms with Gasteiger partial charge in [0.2, 0.25) is 0 Å². The molecule has 2 N–H and O–H groups in total. The van der Waals surface area contributed by atoms with Gasteiger partial charge in [0.15, 0.2) is 0 Å². The third-order valence-corrected chi connectivity index (χ3v) is 3.17. The van der Waals surface area contributed by atoms with Gasteiger partial charge in [-0.05, 0) is 30.5 Å². The van der Waals surface area contributed by atoms with Crippen LogP contribution >= 0.6 is 0 Å². The van der Waals surface area contributed by atoms with Crippen molar-refractivity contribution in [3.05, 3.63) is 29.8 Å².